The van der Waals surface area contributed by atoms with Gasteiger partial charge in [-0.3, -0.25) is 4.79 Å². The fraction of sp³-hybridized carbons (Fsp3) is 0.100. The highest BCUT2D eigenvalue weighted by molar-refractivity contribution is 5.77. The van der Waals surface area contributed by atoms with Gasteiger partial charge in [-0.15, -0.1) is 12.3 Å². The van der Waals surface area contributed by atoms with Crippen LogP contribution in [0.1, 0.15) is 15.9 Å². The summed E-state index contributed by atoms with van der Waals surface area (Å²) in [6, 6.07) is 4.00. The maximum Gasteiger partial charge on any atom is 0.150 e. The Morgan fingerprint density at radius 2 is 2.33 bits per heavy atom. The number of benzene rings is 1. The van der Waals surface area contributed by atoms with E-state index in [1.807, 2.05) is 0 Å². The van der Waals surface area contributed by atoms with Gasteiger partial charge in [0.25, 0.3) is 0 Å². The summed E-state index contributed by atoms with van der Waals surface area (Å²) in [5.41, 5.74) is 1.02. The van der Waals surface area contributed by atoms with Crippen molar-refractivity contribution in [3.05, 3.63) is 35.1 Å². The first-order valence-corrected chi connectivity index (χ1v) is 3.45. The third kappa shape index (κ3) is 1.70. The lowest BCUT2D eigenvalue weighted by molar-refractivity contribution is 0.112. The minimum absolute atomic E-state index is 0.327. The Morgan fingerprint density at radius 3 is 2.92 bits per heavy atom. The minimum Gasteiger partial charge on any atom is -0.298 e. The van der Waals surface area contributed by atoms with Gasteiger partial charge in [0.15, 0.2) is 0 Å². The molecule has 0 aliphatic carbocycles. The molecule has 0 unspecified atom stereocenters. The fourth-order valence-electron chi connectivity index (χ4n) is 0.946. The molecule has 0 aromatic heterocycles. The van der Waals surface area contributed by atoms with Crippen LogP contribution in [-0.2, 0) is 6.42 Å². The van der Waals surface area contributed by atoms with E-state index in [4.69, 9.17) is 6.42 Å². The third-order valence-electron chi connectivity index (χ3n) is 1.53. The molecule has 0 amide bonds. The zero-order valence-electron chi connectivity index (χ0n) is 6.38. The second kappa shape index (κ2) is 3.68. The molecule has 0 heterocycles. The van der Waals surface area contributed by atoms with Crippen molar-refractivity contribution in [1.82, 2.24) is 0 Å². The van der Waals surface area contributed by atoms with E-state index in [1.165, 1.54) is 18.2 Å². The Morgan fingerprint density at radius 1 is 1.58 bits per heavy atom. The van der Waals surface area contributed by atoms with Gasteiger partial charge in [-0.05, 0) is 17.7 Å². The van der Waals surface area contributed by atoms with E-state index in [1.54, 1.807) is 0 Å². The average Bonchev–Trinajstić information content (AvgIpc) is 2.08. The van der Waals surface area contributed by atoms with Gasteiger partial charge in [-0.25, -0.2) is 4.39 Å². The van der Waals surface area contributed by atoms with Crippen LogP contribution < -0.4 is 0 Å². The Labute approximate surface area is 70.2 Å². The molecule has 0 saturated carbocycles. The number of terminal acetylenes is 1. The van der Waals surface area contributed by atoms with Crippen LogP contribution in [0.4, 0.5) is 4.39 Å². The van der Waals surface area contributed by atoms with Gasteiger partial charge in [-0.2, -0.15) is 0 Å². The number of carbonyl (C=O) groups excluding carboxylic acids is 1. The van der Waals surface area contributed by atoms with Gasteiger partial charge >= 0.3 is 0 Å². The van der Waals surface area contributed by atoms with Crippen LogP contribution >= 0.6 is 0 Å². The maximum atomic E-state index is 12.6. The molecule has 1 nitrogen and oxygen atoms in total. The van der Waals surface area contributed by atoms with E-state index < -0.39 is 5.82 Å². The Balaban J connectivity index is 3.12. The summed E-state index contributed by atoms with van der Waals surface area (Å²) in [7, 11) is 0. The summed E-state index contributed by atoms with van der Waals surface area (Å²) in [5, 5.41) is 0. The molecule has 1 aromatic rings. The van der Waals surface area contributed by atoms with E-state index >= 15 is 0 Å². The van der Waals surface area contributed by atoms with Crippen LogP contribution in [0, 0.1) is 18.2 Å². The average molecular weight is 162 g/mol. The lowest BCUT2D eigenvalue weighted by atomic mass is 10.1. The van der Waals surface area contributed by atoms with E-state index in [0.29, 0.717) is 23.8 Å². The first kappa shape index (κ1) is 8.48. The lowest BCUT2D eigenvalue weighted by Gasteiger charge is -1.99. The lowest BCUT2D eigenvalue weighted by Crippen LogP contribution is -1.92. The van der Waals surface area contributed by atoms with Crippen molar-refractivity contribution in [3.63, 3.8) is 0 Å². The monoisotopic (exact) mass is 162 g/mol. The van der Waals surface area contributed by atoms with Crippen LogP contribution in [0.15, 0.2) is 18.2 Å². The highest BCUT2D eigenvalue weighted by atomic mass is 19.1. The number of rotatable bonds is 2. The highest BCUT2D eigenvalue weighted by Crippen LogP contribution is 2.09. The molecule has 0 atom stereocenters. The second-order valence-corrected chi connectivity index (χ2v) is 2.34. The molecule has 60 valence electrons. The molecule has 1 aromatic carbocycles. The summed E-state index contributed by atoms with van der Waals surface area (Å²) in [5.74, 6) is 1.98. The predicted molar refractivity (Wildman–Crippen MR) is 44.3 cm³/mol. The standard InChI is InChI=1S/C10H7FO/c1-2-3-8-4-5-10(11)6-9(8)7-12/h1,4-7H,3H2. The van der Waals surface area contributed by atoms with Crippen LogP contribution in [0.25, 0.3) is 0 Å². The molecule has 12 heavy (non-hydrogen) atoms. The summed E-state index contributed by atoms with van der Waals surface area (Å²) < 4.78 is 12.6. The normalized spacial score (nSPS) is 9.00. The molecular weight excluding hydrogens is 155 g/mol. The van der Waals surface area contributed by atoms with Crippen molar-refractivity contribution < 1.29 is 9.18 Å². The van der Waals surface area contributed by atoms with Gasteiger partial charge in [-0.1, -0.05) is 6.07 Å². The zero-order chi connectivity index (χ0) is 8.97. The van der Waals surface area contributed by atoms with Crippen molar-refractivity contribution in [2.75, 3.05) is 0 Å². The van der Waals surface area contributed by atoms with E-state index in [0.717, 1.165) is 0 Å². The summed E-state index contributed by atoms with van der Waals surface area (Å²) in [4.78, 5) is 10.4. The summed E-state index contributed by atoms with van der Waals surface area (Å²) >= 11 is 0. The molecule has 0 N–H and O–H groups in total. The Bertz CT molecular complexity index is 336. The molecule has 0 aliphatic heterocycles. The Kier molecular flexibility index (Phi) is 2.60. The van der Waals surface area contributed by atoms with Crippen molar-refractivity contribution in [2.24, 2.45) is 0 Å². The summed E-state index contributed by atoms with van der Waals surface area (Å²) in [6.07, 6.45) is 6.02. The zero-order valence-corrected chi connectivity index (χ0v) is 6.38. The molecule has 0 bridgehead atoms. The molecule has 1 rings (SSSR count). The molecule has 0 saturated heterocycles. The predicted octanol–water partition coefficient (Wildman–Crippen LogP) is 1.81. The number of aldehydes is 1. The van der Waals surface area contributed by atoms with Crippen molar-refractivity contribution in [1.29, 1.82) is 0 Å². The summed E-state index contributed by atoms with van der Waals surface area (Å²) in [6.45, 7) is 0. The fourth-order valence-corrected chi connectivity index (χ4v) is 0.946. The van der Waals surface area contributed by atoms with Crippen LogP contribution in [-0.4, -0.2) is 6.29 Å². The largest absolute Gasteiger partial charge is 0.298 e. The first-order chi connectivity index (χ1) is 5.77. The first-order valence-electron chi connectivity index (χ1n) is 3.45. The van der Waals surface area contributed by atoms with Crippen molar-refractivity contribution >= 4 is 6.29 Å². The van der Waals surface area contributed by atoms with Gasteiger partial charge in [0.2, 0.25) is 0 Å². The van der Waals surface area contributed by atoms with Crippen LogP contribution in [0.5, 0.6) is 0 Å². The van der Waals surface area contributed by atoms with Gasteiger partial charge < -0.3 is 0 Å². The molecule has 2 heteroatoms. The van der Waals surface area contributed by atoms with E-state index in [-0.39, 0.29) is 0 Å². The highest BCUT2D eigenvalue weighted by Gasteiger charge is 2.00. The molecular formula is C10H7FO. The van der Waals surface area contributed by atoms with Crippen molar-refractivity contribution in [3.8, 4) is 12.3 Å². The third-order valence-corrected chi connectivity index (χ3v) is 1.53. The van der Waals surface area contributed by atoms with Gasteiger partial charge in [0.1, 0.15) is 12.1 Å². The van der Waals surface area contributed by atoms with Crippen LogP contribution in [0.2, 0.25) is 0 Å². The number of halogens is 1. The molecule has 0 fully saturated rings. The van der Waals surface area contributed by atoms with Crippen molar-refractivity contribution in [2.45, 2.75) is 6.42 Å². The molecule has 0 radical (unpaired) electrons. The van der Waals surface area contributed by atoms with Crippen LogP contribution in [0.3, 0.4) is 0 Å². The molecule has 0 spiro atoms. The second-order valence-electron chi connectivity index (χ2n) is 2.34. The minimum atomic E-state index is -0.419. The maximum absolute atomic E-state index is 12.6. The topological polar surface area (TPSA) is 17.1 Å². The smallest absolute Gasteiger partial charge is 0.150 e. The molecule has 0 aliphatic rings. The Hall–Kier alpha value is -1.62. The van der Waals surface area contributed by atoms with Gasteiger partial charge in [0, 0.05) is 12.0 Å². The number of hydrogen-bond acceptors (Lipinski definition) is 1. The number of carbonyl (C=O) groups is 1. The number of hydrogen-bond donors (Lipinski definition) is 0. The van der Waals surface area contributed by atoms with E-state index in [2.05, 4.69) is 5.92 Å². The SMILES string of the molecule is C#CCc1ccc(F)cc1C=O. The van der Waals surface area contributed by atoms with E-state index in [9.17, 15) is 9.18 Å². The van der Waals surface area contributed by atoms with Gasteiger partial charge in [0.05, 0.1) is 0 Å². The quantitative estimate of drug-likeness (QED) is 0.478.